The molecule has 4 unspecified atom stereocenters. The highest BCUT2D eigenvalue weighted by molar-refractivity contribution is 6.17. The van der Waals surface area contributed by atoms with E-state index in [1.165, 1.54) is 0 Å². The molecule has 0 saturated carbocycles. The Bertz CT molecular complexity index is 500. The van der Waals surface area contributed by atoms with Crippen LogP contribution in [0, 0.1) is 5.92 Å². The smallest absolute Gasteiger partial charge is 0.410 e. The number of nitrogens with zero attached hydrogens (tertiary/aromatic N) is 2. The number of esters is 1. The predicted molar refractivity (Wildman–Crippen MR) is 98.1 cm³/mol. The van der Waals surface area contributed by atoms with Crippen LogP contribution in [-0.2, 0) is 19.0 Å². The molecular formula is C18H31ClN2O5. The van der Waals surface area contributed by atoms with Gasteiger partial charge in [0.1, 0.15) is 5.60 Å². The van der Waals surface area contributed by atoms with E-state index in [4.69, 9.17) is 25.8 Å². The zero-order chi connectivity index (χ0) is 19.5. The average Bonchev–Trinajstić information content (AvgIpc) is 2.52. The largest absolute Gasteiger partial charge is 0.449 e. The van der Waals surface area contributed by atoms with E-state index < -0.39 is 17.6 Å². The van der Waals surface area contributed by atoms with Gasteiger partial charge in [-0.25, -0.2) is 4.79 Å². The van der Waals surface area contributed by atoms with Gasteiger partial charge in [0.2, 0.25) is 0 Å². The highest BCUT2D eigenvalue weighted by Crippen LogP contribution is 2.26. The number of alkyl halides is 1. The first-order valence-corrected chi connectivity index (χ1v) is 9.72. The lowest BCUT2D eigenvalue weighted by atomic mass is 9.92. The highest BCUT2D eigenvalue weighted by atomic mass is 35.5. The molecule has 150 valence electrons. The van der Waals surface area contributed by atoms with Gasteiger partial charge in [-0.2, -0.15) is 0 Å². The van der Waals surface area contributed by atoms with Gasteiger partial charge in [0.05, 0.1) is 18.1 Å². The van der Waals surface area contributed by atoms with Crippen LogP contribution in [0.4, 0.5) is 4.79 Å². The van der Waals surface area contributed by atoms with E-state index in [2.05, 4.69) is 4.90 Å². The molecule has 2 aliphatic heterocycles. The molecule has 0 aliphatic carbocycles. The van der Waals surface area contributed by atoms with Gasteiger partial charge in [0, 0.05) is 32.2 Å². The maximum Gasteiger partial charge on any atom is 0.410 e. The minimum absolute atomic E-state index is 0.0537. The van der Waals surface area contributed by atoms with Crippen LogP contribution < -0.4 is 0 Å². The monoisotopic (exact) mass is 390 g/mol. The summed E-state index contributed by atoms with van der Waals surface area (Å²) in [5.41, 5.74) is -0.585. The van der Waals surface area contributed by atoms with Crippen LogP contribution in [0.25, 0.3) is 0 Å². The maximum absolute atomic E-state index is 12.6. The molecule has 1 amide bonds. The predicted octanol–water partition coefficient (Wildman–Crippen LogP) is 2.46. The molecular weight excluding hydrogens is 360 g/mol. The molecule has 2 heterocycles. The zero-order valence-electron chi connectivity index (χ0n) is 16.4. The Kier molecular flexibility index (Phi) is 7.16. The molecule has 0 aromatic heterocycles. The van der Waals surface area contributed by atoms with Crippen LogP contribution in [0.2, 0.25) is 0 Å². The standard InChI is InChI=1S/C18H31ClN2O5/c1-12-7-20(8-13(2)25-12)15-6-14(16(22)24-11-19)9-21(10-15)17(23)26-18(3,4)5/h12-15H,6-11H2,1-5H3. The summed E-state index contributed by atoms with van der Waals surface area (Å²) in [6.45, 7) is 11.9. The van der Waals surface area contributed by atoms with Crippen molar-refractivity contribution in [3.05, 3.63) is 0 Å². The normalized spacial score (nSPS) is 30.8. The topological polar surface area (TPSA) is 68.3 Å². The average molecular weight is 391 g/mol. The van der Waals surface area contributed by atoms with Crippen LogP contribution in [0.1, 0.15) is 41.0 Å². The van der Waals surface area contributed by atoms with Crippen molar-refractivity contribution in [2.24, 2.45) is 5.92 Å². The third kappa shape index (κ3) is 5.99. The first-order valence-electron chi connectivity index (χ1n) is 9.19. The summed E-state index contributed by atoms with van der Waals surface area (Å²) < 4.78 is 16.3. The van der Waals surface area contributed by atoms with Crippen molar-refractivity contribution in [2.75, 3.05) is 32.2 Å². The minimum Gasteiger partial charge on any atom is -0.449 e. The number of carbonyl (C=O) groups excluding carboxylic acids is 2. The van der Waals surface area contributed by atoms with E-state index in [1.807, 2.05) is 34.6 Å². The van der Waals surface area contributed by atoms with E-state index in [1.54, 1.807) is 4.90 Å². The van der Waals surface area contributed by atoms with Crippen LogP contribution in [0.5, 0.6) is 0 Å². The molecule has 4 atom stereocenters. The maximum atomic E-state index is 12.6. The molecule has 0 N–H and O–H groups in total. The number of hydrogen-bond donors (Lipinski definition) is 0. The van der Waals surface area contributed by atoms with E-state index in [-0.39, 0.29) is 36.8 Å². The Morgan fingerprint density at radius 2 is 1.73 bits per heavy atom. The second-order valence-electron chi connectivity index (χ2n) is 8.26. The first kappa shape index (κ1) is 21.3. The molecule has 0 radical (unpaired) electrons. The van der Waals surface area contributed by atoms with E-state index >= 15 is 0 Å². The molecule has 26 heavy (non-hydrogen) atoms. The summed E-state index contributed by atoms with van der Waals surface area (Å²) in [5, 5.41) is 0. The van der Waals surface area contributed by atoms with Crippen molar-refractivity contribution in [2.45, 2.75) is 64.9 Å². The lowest BCUT2D eigenvalue weighted by molar-refractivity contribution is -0.150. The van der Waals surface area contributed by atoms with Crippen molar-refractivity contribution >= 4 is 23.7 Å². The number of likely N-dealkylation sites (tertiary alicyclic amines) is 1. The van der Waals surface area contributed by atoms with E-state index in [0.717, 1.165) is 13.1 Å². The Hall–Kier alpha value is -1.05. The van der Waals surface area contributed by atoms with Gasteiger partial charge in [-0.3, -0.25) is 9.69 Å². The van der Waals surface area contributed by atoms with Gasteiger partial charge in [0.25, 0.3) is 0 Å². The van der Waals surface area contributed by atoms with E-state index in [9.17, 15) is 9.59 Å². The summed E-state index contributed by atoms with van der Waals surface area (Å²) in [4.78, 5) is 28.8. The van der Waals surface area contributed by atoms with Crippen molar-refractivity contribution in [1.82, 2.24) is 9.80 Å². The SMILES string of the molecule is CC1CN(C2CC(C(=O)OCCl)CN(C(=O)OC(C)(C)C)C2)CC(C)O1. The molecule has 8 heteroatoms. The fourth-order valence-corrected chi connectivity index (χ4v) is 3.78. The third-order valence-corrected chi connectivity index (χ3v) is 4.68. The molecule has 0 spiro atoms. The summed E-state index contributed by atoms with van der Waals surface area (Å²) in [6.07, 6.45) is 0.460. The summed E-state index contributed by atoms with van der Waals surface area (Å²) in [5.74, 6) is -0.777. The fourth-order valence-electron chi connectivity index (χ4n) is 3.67. The molecule has 2 saturated heterocycles. The number of hydrogen-bond acceptors (Lipinski definition) is 6. The zero-order valence-corrected chi connectivity index (χ0v) is 17.1. The van der Waals surface area contributed by atoms with Gasteiger partial charge in [-0.05, 0) is 41.0 Å². The van der Waals surface area contributed by atoms with Gasteiger partial charge < -0.3 is 19.1 Å². The lowest BCUT2D eigenvalue weighted by Gasteiger charge is -2.45. The van der Waals surface area contributed by atoms with Crippen molar-refractivity contribution in [3.63, 3.8) is 0 Å². The van der Waals surface area contributed by atoms with Crippen LogP contribution in [-0.4, -0.2) is 78.0 Å². The number of piperidine rings is 1. The van der Waals surface area contributed by atoms with Crippen LogP contribution in [0.3, 0.4) is 0 Å². The molecule has 2 aliphatic rings. The summed E-state index contributed by atoms with van der Waals surface area (Å²) in [7, 11) is 0. The Morgan fingerprint density at radius 3 is 2.27 bits per heavy atom. The molecule has 0 aromatic rings. The number of rotatable bonds is 3. The third-order valence-electron chi connectivity index (χ3n) is 4.57. The van der Waals surface area contributed by atoms with Gasteiger partial charge in [0.15, 0.2) is 6.07 Å². The lowest BCUT2D eigenvalue weighted by Crippen LogP contribution is -2.59. The molecule has 2 fully saturated rings. The number of amides is 1. The van der Waals surface area contributed by atoms with Gasteiger partial charge in [-0.15, -0.1) is 0 Å². The Morgan fingerprint density at radius 1 is 1.12 bits per heavy atom. The van der Waals surface area contributed by atoms with E-state index in [0.29, 0.717) is 13.0 Å². The number of morpholine rings is 1. The number of halogens is 1. The second kappa shape index (κ2) is 8.76. The second-order valence-corrected chi connectivity index (χ2v) is 8.47. The molecule has 0 aromatic carbocycles. The van der Waals surface area contributed by atoms with Crippen molar-refractivity contribution in [1.29, 1.82) is 0 Å². The van der Waals surface area contributed by atoms with Gasteiger partial charge >= 0.3 is 12.1 Å². The Balaban J connectivity index is 2.13. The van der Waals surface area contributed by atoms with Crippen LogP contribution >= 0.6 is 11.6 Å². The Labute approximate surface area is 160 Å². The summed E-state index contributed by atoms with van der Waals surface area (Å²) >= 11 is 5.55. The molecule has 2 rings (SSSR count). The highest BCUT2D eigenvalue weighted by Gasteiger charge is 2.40. The van der Waals surface area contributed by atoms with Crippen LogP contribution in [0.15, 0.2) is 0 Å². The number of carbonyl (C=O) groups is 2. The van der Waals surface area contributed by atoms with Crippen molar-refractivity contribution in [3.8, 4) is 0 Å². The quantitative estimate of drug-likeness (QED) is 0.544. The minimum atomic E-state index is -0.585. The summed E-state index contributed by atoms with van der Waals surface area (Å²) in [6, 6.07) is -0.129. The number of ether oxygens (including phenoxy) is 3. The molecule has 0 bridgehead atoms. The first-order chi connectivity index (χ1) is 12.1. The molecule has 7 nitrogen and oxygen atoms in total. The van der Waals surface area contributed by atoms with Crippen molar-refractivity contribution < 1.29 is 23.8 Å². The van der Waals surface area contributed by atoms with Gasteiger partial charge in [-0.1, -0.05) is 11.6 Å². The fraction of sp³-hybridized carbons (Fsp3) is 0.889.